The Labute approximate surface area is 187 Å². The van der Waals surface area contributed by atoms with Crippen molar-refractivity contribution < 1.29 is 5.11 Å². The number of hydrogen-bond donors (Lipinski definition) is 1. The molecule has 0 spiro atoms. The summed E-state index contributed by atoms with van der Waals surface area (Å²) < 4.78 is 0. The van der Waals surface area contributed by atoms with Gasteiger partial charge in [0.15, 0.2) is 0 Å². The first-order valence-corrected chi connectivity index (χ1v) is 14.9. The molecule has 0 aromatic rings. The van der Waals surface area contributed by atoms with Crippen LogP contribution in [-0.4, -0.2) is 34.2 Å². The van der Waals surface area contributed by atoms with E-state index in [1.807, 2.05) is 11.8 Å². The standard InChI is InChI=1S/C25H52OS2/c1-3-5-7-9-11-13-14-15-17-19-21-27-24-25(23-26)28-22-20-18-16-12-10-8-6-4-2/h25-26H,3-24H2,1-2H3. The molecule has 0 fully saturated rings. The molecule has 0 aliphatic rings. The smallest absolute Gasteiger partial charge is 0.0558 e. The molecule has 170 valence electrons. The number of aliphatic hydroxyl groups is 1. The molecular formula is C25H52OS2. The summed E-state index contributed by atoms with van der Waals surface area (Å²) in [4.78, 5) is 0. The van der Waals surface area contributed by atoms with Crippen molar-refractivity contribution in [3.05, 3.63) is 0 Å². The van der Waals surface area contributed by atoms with Crippen LogP contribution >= 0.6 is 23.5 Å². The Morgan fingerprint density at radius 1 is 0.536 bits per heavy atom. The summed E-state index contributed by atoms with van der Waals surface area (Å²) in [6.45, 7) is 4.92. The molecule has 0 aromatic heterocycles. The van der Waals surface area contributed by atoms with Gasteiger partial charge in [-0.2, -0.15) is 23.5 Å². The number of aliphatic hydroxyl groups excluding tert-OH is 1. The van der Waals surface area contributed by atoms with Crippen molar-refractivity contribution in [1.29, 1.82) is 0 Å². The Morgan fingerprint density at radius 3 is 1.36 bits per heavy atom. The van der Waals surface area contributed by atoms with Crippen LogP contribution in [-0.2, 0) is 0 Å². The van der Waals surface area contributed by atoms with Gasteiger partial charge in [0.25, 0.3) is 0 Å². The summed E-state index contributed by atoms with van der Waals surface area (Å²) in [6.07, 6.45) is 25.3. The normalized spacial score (nSPS) is 12.5. The highest BCUT2D eigenvalue weighted by Crippen LogP contribution is 2.20. The molecule has 1 nitrogen and oxygen atoms in total. The van der Waals surface area contributed by atoms with Gasteiger partial charge in [-0.15, -0.1) is 0 Å². The van der Waals surface area contributed by atoms with E-state index in [-0.39, 0.29) is 0 Å². The summed E-state index contributed by atoms with van der Waals surface area (Å²) >= 11 is 4.07. The van der Waals surface area contributed by atoms with Gasteiger partial charge >= 0.3 is 0 Å². The molecule has 0 aliphatic heterocycles. The zero-order chi connectivity index (χ0) is 20.5. The maximum atomic E-state index is 9.59. The minimum Gasteiger partial charge on any atom is -0.395 e. The van der Waals surface area contributed by atoms with Gasteiger partial charge in [-0.1, -0.05) is 117 Å². The van der Waals surface area contributed by atoms with Crippen LogP contribution in [0.5, 0.6) is 0 Å². The van der Waals surface area contributed by atoms with Crippen LogP contribution < -0.4 is 0 Å². The topological polar surface area (TPSA) is 20.2 Å². The average molecular weight is 433 g/mol. The highest BCUT2D eigenvalue weighted by Gasteiger charge is 2.07. The van der Waals surface area contributed by atoms with Crippen LogP contribution in [0.1, 0.15) is 129 Å². The third-order valence-corrected chi connectivity index (χ3v) is 8.24. The lowest BCUT2D eigenvalue weighted by molar-refractivity contribution is 0.301. The third-order valence-electron chi connectivity index (χ3n) is 5.50. The van der Waals surface area contributed by atoms with Crippen LogP contribution in [0.15, 0.2) is 0 Å². The van der Waals surface area contributed by atoms with E-state index in [1.54, 1.807) is 0 Å². The van der Waals surface area contributed by atoms with Gasteiger partial charge in [-0.3, -0.25) is 0 Å². The molecule has 0 bridgehead atoms. The lowest BCUT2D eigenvalue weighted by Gasteiger charge is -2.13. The second-order valence-corrected chi connectivity index (χ2v) is 11.0. The van der Waals surface area contributed by atoms with E-state index in [0.717, 1.165) is 5.75 Å². The van der Waals surface area contributed by atoms with E-state index in [4.69, 9.17) is 0 Å². The Hall–Kier alpha value is 0.660. The molecule has 3 heteroatoms. The van der Waals surface area contributed by atoms with Crippen LogP contribution in [0.2, 0.25) is 0 Å². The maximum absolute atomic E-state index is 9.59. The van der Waals surface area contributed by atoms with Crippen molar-refractivity contribution in [1.82, 2.24) is 0 Å². The second-order valence-electron chi connectivity index (χ2n) is 8.41. The fourth-order valence-corrected chi connectivity index (χ4v) is 5.97. The molecular weight excluding hydrogens is 380 g/mol. The first-order chi connectivity index (χ1) is 13.8. The molecule has 0 heterocycles. The number of hydrogen-bond acceptors (Lipinski definition) is 3. The fraction of sp³-hybridized carbons (Fsp3) is 1.00. The molecule has 0 rings (SSSR count). The minimum atomic E-state index is 0.354. The lowest BCUT2D eigenvalue weighted by atomic mass is 10.1. The van der Waals surface area contributed by atoms with E-state index in [2.05, 4.69) is 25.6 Å². The molecule has 0 radical (unpaired) electrons. The van der Waals surface area contributed by atoms with Gasteiger partial charge in [-0.25, -0.2) is 0 Å². The van der Waals surface area contributed by atoms with E-state index in [1.165, 1.54) is 127 Å². The highest BCUT2D eigenvalue weighted by molar-refractivity contribution is 8.03. The average Bonchev–Trinajstić information content (AvgIpc) is 2.71. The van der Waals surface area contributed by atoms with Crippen LogP contribution in [0.3, 0.4) is 0 Å². The summed E-state index contributed by atoms with van der Waals surface area (Å²) in [5.74, 6) is 3.65. The van der Waals surface area contributed by atoms with E-state index in [0.29, 0.717) is 11.9 Å². The van der Waals surface area contributed by atoms with Gasteiger partial charge < -0.3 is 5.11 Å². The van der Waals surface area contributed by atoms with Crippen LogP contribution in [0.4, 0.5) is 0 Å². The zero-order valence-electron chi connectivity index (χ0n) is 19.4. The van der Waals surface area contributed by atoms with Crippen molar-refractivity contribution in [2.75, 3.05) is 23.9 Å². The molecule has 0 saturated heterocycles. The predicted molar refractivity (Wildman–Crippen MR) is 135 cm³/mol. The number of unbranched alkanes of at least 4 members (excludes halogenated alkanes) is 16. The Morgan fingerprint density at radius 2 is 0.929 bits per heavy atom. The summed E-state index contributed by atoms with van der Waals surface area (Å²) in [7, 11) is 0. The summed E-state index contributed by atoms with van der Waals surface area (Å²) in [5.41, 5.74) is 0. The molecule has 0 aromatic carbocycles. The van der Waals surface area contributed by atoms with Crippen molar-refractivity contribution in [3.63, 3.8) is 0 Å². The molecule has 28 heavy (non-hydrogen) atoms. The van der Waals surface area contributed by atoms with Gasteiger partial charge in [0.2, 0.25) is 0 Å². The molecule has 1 unspecified atom stereocenters. The lowest BCUT2D eigenvalue weighted by Crippen LogP contribution is -2.13. The van der Waals surface area contributed by atoms with E-state index >= 15 is 0 Å². The van der Waals surface area contributed by atoms with Crippen molar-refractivity contribution in [3.8, 4) is 0 Å². The van der Waals surface area contributed by atoms with Crippen molar-refractivity contribution in [2.24, 2.45) is 0 Å². The molecule has 0 amide bonds. The third kappa shape index (κ3) is 22.9. The summed E-state index contributed by atoms with van der Waals surface area (Å²) in [5, 5.41) is 10.0. The largest absolute Gasteiger partial charge is 0.395 e. The predicted octanol–water partition coefficient (Wildman–Crippen LogP) is 8.88. The first-order valence-electron chi connectivity index (χ1n) is 12.6. The van der Waals surface area contributed by atoms with E-state index in [9.17, 15) is 5.11 Å². The molecule has 0 saturated carbocycles. The summed E-state index contributed by atoms with van der Waals surface area (Å²) in [6, 6.07) is 0. The Kier molecular flexibility index (Phi) is 26.3. The van der Waals surface area contributed by atoms with Crippen molar-refractivity contribution >= 4 is 23.5 Å². The number of thioether (sulfide) groups is 2. The fourth-order valence-electron chi connectivity index (χ4n) is 3.55. The maximum Gasteiger partial charge on any atom is 0.0558 e. The van der Waals surface area contributed by atoms with Crippen molar-refractivity contribution in [2.45, 2.75) is 135 Å². The first kappa shape index (κ1) is 28.7. The Balaban J connectivity index is 3.27. The monoisotopic (exact) mass is 432 g/mol. The number of rotatable bonds is 24. The molecule has 0 aliphatic carbocycles. The quantitative estimate of drug-likeness (QED) is 0.154. The second kappa shape index (κ2) is 25.7. The zero-order valence-corrected chi connectivity index (χ0v) is 21.0. The highest BCUT2D eigenvalue weighted by atomic mass is 32.2. The van der Waals surface area contributed by atoms with Crippen LogP contribution in [0, 0.1) is 0 Å². The Bertz CT molecular complexity index is 273. The van der Waals surface area contributed by atoms with Crippen LogP contribution in [0.25, 0.3) is 0 Å². The van der Waals surface area contributed by atoms with Gasteiger partial charge in [0, 0.05) is 11.0 Å². The van der Waals surface area contributed by atoms with Gasteiger partial charge in [0.05, 0.1) is 6.61 Å². The minimum absolute atomic E-state index is 0.354. The van der Waals surface area contributed by atoms with Gasteiger partial charge in [-0.05, 0) is 24.3 Å². The molecule has 1 atom stereocenters. The SMILES string of the molecule is CCCCCCCCCCCCSCC(CO)SCCCCCCCCCC. The van der Waals surface area contributed by atoms with E-state index < -0.39 is 0 Å². The molecule has 1 N–H and O–H groups in total. The van der Waals surface area contributed by atoms with Gasteiger partial charge in [0.1, 0.15) is 0 Å².